The van der Waals surface area contributed by atoms with Gasteiger partial charge in [-0.2, -0.15) is 0 Å². The van der Waals surface area contributed by atoms with Crippen LogP contribution < -0.4 is 4.90 Å². The van der Waals surface area contributed by atoms with Gasteiger partial charge in [0.1, 0.15) is 5.82 Å². The van der Waals surface area contributed by atoms with Crippen molar-refractivity contribution in [2.45, 2.75) is 26.7 Å². The van der Waals surface area contributed by atoms with E-state index >= 15 is 0 Å². The SMILES string of the molecule is Cc1ccc2nc(-c3ccc(N4CCCC4)c(C)c3)[nH]c2c1. The molecule has 1 aromatic heterocycles. The van der Waals surface area contributed by atoms with Crippen molar-refractivity contribution in [2.75, 3.05) is 18.0 Å². The number of H-pyrrole nitrogens is 1. The zero-order valence-electron chi connectivity index (χ0n) is 13.2. The van der Waals surface area contributed by atoms with Gasteiger partial charge in [0.25, 0.3) is 0 Å². The Morgan fingerprint density at radius 2 is 1.82 bits per heavy atom. The van der Waals surface area contributed by atoms with Gasteiger partial charge in [-0.1, -0.05) is 6.07 Å². The monoisotopic (exact) mass is 291 g/mol. The predicted octanol–water partition coefficient (Wildman–Crippen LogP) is 4.45. The lowest BCUT2D eigenvalue weighted by Crippen LogP contribution is -2.18. The molecule has 0 bridgehead atoms. The van der Waals surface area contributed by atoms with Gasteiger partial charge in [-0.15, -0.1) is 0 Å². The van der Waals surface area contributed by atoms with Crippen LogP contribution in [0.5, 0.6) is 0 Å². The second-order valence-corrected chi connectivity index (χ2v) is 6.30. The fourth-order valence-electron chi connectivity index (χ4n) is 3.38. The minimum Gasteiger partial charge on any atom is -0.371 e. The smallest absolute Gasteiger partial charge is 0.138 e. The van der Waals surface area contributed by atoms with Crippen LogP contribution in [0.3, 0.4) is 0 Å². The fourth-order valence-corrected chi connectivity index (χ4v) is 3.38. The van der Waals surface area contributed by atoms with Crippen LogP contribution in [-0.2, 0) is 0 Å². The van der Waals surface area contributed by atoms with E-state index in [1.54, 1.807) is 0 Å². The Hall–Kier alpha value is -2.29. The van der Waals surface area contributed by atoms with Gasteiger partial charge in [0, 0.05) is 24.3 Å². The molecular weight excluding hydrogens is 270 g/mol. The Morgan fingerprint density at radius 1 is 1.00 bits per heavy atom. The van der Waals surface area contributed by atoms with E-state index in [9.17, 15) is 0 Å². The summed E-state index contributed by atoms with van der Waals surface area (Å²) in [6.07, 6.45) is 2.62. The highest BCUT2D eigenvalue weighted by atomic mass is 15.1. The highest BCUT2D eigenvalue weighted by Crippen LogP contribution is 2.29. The van der Waals surface area contributed by atoms with E-state index < -0.39 is 0 Å². The molecule has 1 aliphatic rings. The normalized spacial score (nSPS) is 14.9. The Kier molecular flexibility index (Phi) is 3.14. The Bertz CT molecular complexity index is 826. The molecule has 3 nitrogen and oxygen atoms in total. The van der Waals surface area contributed by atoms with Crippen LogP contribution in [0.25, 0.3) is 22.4 Å². The average Bonchev–Trinajstić information content (AvgIpc) is 3.15. The lowest BCUT2D eigenvalue weighted by atomic mass is 10.1. The van der Waals surface area contributed by atoms with Crippen molar-refractivity contribution in [3.05, 3.63) is 47.5 Å². The molecule has 112 valence electrons. The Morgan fingerprint density at radius 3 is 2.59 bits per heavy atom. The van der Waals surface area contributed by atoms with Crippen molar-refractivity contribution >= 4 is 16.7 Å². The molecule has 3 heteroatoms. The maximum Gasteiger partial charge on any atom is 0.138 e. The van der Waals surface area contributed by atoms with Gasteiger partial charge >= 0.3 is 0 Å². The molecule has 1 fully saturated rings. The molecule has 0 radical (unpaired) electrons. The molecule has 0 amide bonds. The van der Waals surface area contributed by atoms with Crippen LogP contribution in [0, 0.1) is 13.8 Å². The standard InChI is InChI=1S/C19H21N3/c1-13-5-7-16-17(11-13)21-19(20-16)15-6-8-18(14(2)12-15)22-9-3-4-10-22/h5-8,11-12H,3-4,9-10H2,1-2H3,(H,20,21). The van der Waals surface area contributed by atoms with Gasteiger partial charge in [0.15, 0.2) is 0 Å². The summed E-state index contributed by atoms with van der Waals surface area (Å²) in [6.45, 7) is 6.67. The van der Waals surface area contributed by atoms with Crippen molar-refractivity contribution in [2.24, 2.45) is 0 Å². The molecule has 3 aromatic rings. The highest BCUT2D eigenvalue weighted by Gasteiger charge is 2.15. The van der Waals surface area contributed by atoms with Crippen LogP contribution >= 0.6 is 0 Å². The zero-order chi connectivity index (χ0) is 15.1. The predicted molar refractivity (Wildman–Crippen MR) is 92.5 cm³/mol. The van der Waals surface area contributed by atoms with E-state index in [4.69, 9.17) is 4.98 Å². The summed E-state index contributed by atoms with van der Waals surface area (Å²) >= 11 is 0. The quantitative estimate of drug-likeness (QED) is 0.756. The summed E-state index contributed by atoms with van der Waals surface area (Å²) in [5, 5.41) is 0. The third-order valence-corrected chi connectivity index (χ3v) is 4.55. The molecule has 0 aliphatic carbocycles. The second kappa shape index (κ2) is 5.16. The van der Waals surface area contributed by atoms with Crippen molar-refractivity contribution in [3.63, 3.8) is 0 Å². The van der Waals surface area contributed by atoms with E-state index in [0.29, 0.717) is 0 Å². The number of benzene rings is 2. The summed E-state index contributed by atoms with van der Waals surface area (Å²) in [7, 11) is 0. The molecule has 0 spiro atoms. The lowest BCUT2D eigenvalue weighted by molar-refractivity contribution is 0.949. The van der Waals surface area contributed by atoms with Crippen LogP contribution in [0.1, 0.15) is 24.0 Å². The van der Waals surface area contributed by atoms with Crippen LogP contribution in [-0.4, -0.2) is 23.1 Å². The van der Waals surface area contributed by atoms with Crippen LogP contribution in [0.15, 0.2) is 36.4 Å². The molecule has 1 N–H and O–H groups in total. The summed E-state index contributed by atoms with van der Waals surface area (Å²) in [5.41, 5.74) is 7.25. The van der Waals surface area contributed by atoms with Crippen LogP contribution in [0.4, 0.5) is 5.69 Å². The molecule has 22 heavy (non-hydrogen) atoms. The van der Waals surface area contributed by atoms with Crippen molar-refractivity contribution < 1.29 is 0 Å². The number of nitrogens with one attached hydrogen (secondary N) is 1. The largest absolute Gasteiger partial charge is 0.371 e. The first kappa shape index (κ1) is 13.4. The molecule has 4 rings (SSSR count). The Balaban J connectivity index is 1.73. The molecule has 2 heterocycles. The van der Waals surface area contributed by atoms with Gasteiger partial charge in [0.05, 0.1) is 11.0 Å². The van der Waals surface area contributed by atoms with Gasteiger partial charge in [0.2, 0.25) is 0 Å². The fraction of sp³-hybridized carbons (Fsp3) is 0.316. The van der Waals surface area contributed by atoms with E-state index in [1.807, 2.05) is 0 Å². The average molecular weight is 291 g/mol. The molecular formula is C19H21N3. The summed E-state index contributed by atoms with van der Waals surface area (Å²) in [5.74, 6) is 0.955. The Labute approximate surface area is 131 Å². The first-order chi connectivity index (χ1) is 10.7. The minimum atomic E-state index is 0.955. The maximum atomic E-state index is 4.72. The molecule has 0 saturated carbocycles. The number of hydrogen-bond donors (Lipinski definition) is 1. The van der Waals surface area contributed by atoms with Crippen molar-refractivity contribution in [3.8, 4) is 11.4 Å². The highest BCUT2D eigenvalue weighted by molar-refractivity contribution is 5.80. The lowest BCUT2D eigenvalue weighted by Gasteiger charge is -2.20. The first-order valence-electron chi connectivity index (χ1n) is 8.03. The summed E-state index contributed by atoms with van der Waals surface area (Å²) in [6, 6.07) is 13.0. The summed E-state index contributed by atoms with van der Waals surface area (Å²) < 4.78 is 0. The zero-order valence-corrected chi connectivity index (χ0v) is 13.2. The molecule has 2 aromatic carbocycles. The number of fused-ring (bicyclic) bond motifs is 1. The third-order valence-electron chi connectivity index (χ3n) is 4.55. The van der Waals surface area contributed by atoms with Gasteiger partial charge in [-0.05, 0) is 68.1 Å². The molecule has 1 aliphatic heterocycles. The van der Waals surface area contributed by atoms with E-state index in [-0.39, 0.29) is 0 Å². The number of aromatic amines is 1. The number of rotatable bonds is 2. The maximum absolute atomic E-state index is 4.72. The van der Waals surface area contributed by atoms with E-state index in [2.05, 4.69) is 60.1 Å². The first-order valence-corrected chi connectivity index (χ1v) is 8.03. The number of anilines is 1. The van der Waals surface area contributed by atoms with E-state index in [1.165, 1.54) is 42.7 Å². The molecule has 0 atom stereocenters. The van der Waals surface area contributed by atoms with Crippen molar-refractivity contribution in [1.82, 2.24) is 9.97 Å². The van der Waals surface area contributed by atoms with Gasteiger partial charge in [-0.3, -0.25) is 0 Å². The van der Waals surface area contributed by atoms with Gasteiger partial charge < -0.3 is 9.88 Å². The number of hydrogen-bond acceptors (Lipinski definition) is 2. The van der Waals surface area contributed by atoms with Crippen LogP contribution in [0.2, 0.25) is 0 Å². The second-order valence-electron chi connectivity index (χ2n) is 6.30. The third kappa shape index (κ3) is 2.27. The van der Waals surface area contributed by atoms with Crippen molar-refractivity contribution in [1.29, 1.82) is 0 Å². The van der Waals surface area contributed by atoms with Gasteiger partial charge in [-0.25, -0.2) is 4.98 Å². The molecule has 0 unspecified atom stereocenters. The molecule has 1 saturated heterocycles. The van der Waals surface area contributed by atoms with E-state index in [0.717, 1.165) is 22.4 Å². The number of aromatic nitrogens is 2. The number of imidazole rings is 1. The number of aryl methyl sites for hydroxylation is 2. The minimum absolute atomic E-state index is 0.955. The summed E-state index contributed by atoms with van der Waals surface area (Å²) in [4.78, 5) is 10.7. The topological polar surface area (TPSA) is 31.9 Å². The number of nitrogens with zero attached hydrogens (tertiary/aromatic N) is 2.